The standard InChI is InChI=1S/C15H17NO4/c1-18-12-5-6-13(19-2)11(10-12)7-8-16-15(17)14-4-3-9-20-14/h3-6,9-10H,7-8H2,1-2H3,(H,16,17). The molecule has 0 bridgehead atoms. The quantitative estimate of drug-likeness (QED) is 0.878. The highest BCUT2D eigenvalue weighted by atomic mass is 16.5. The fourth-order valence-corrected chi connectivity index (χ4v) is 1.88. The highest BCUT2D eigenvalue weighted by Gasteiger charge is 2.09. The van der Waals surface area contributed by atoms with Crippen LogP contribution < -0.4 is 14.8 Å². The molecule has 5 nitrogen and oxygen atoms in total. The van der Waals surface area contributed by atoms with Crippen LogP contribution in [0.4, 0.5) is 0 Å². The summed E-state index contributed by atoms with van der Waals surface area (Å²) in [7, 11) is 3.23. The molecule has 5 heteroatoms. The number of ether oxygens (including phenoxy) is 2. The van der Waals surface area contributed by atoms with Crippen LogP contribution in [-0.4, -0.2) is 26.7 Å². The molecule has 0 aliphatic rings. The van der Waals surface area contributed by atoms with E-state index in [-0.39, 0.29) is 5.91 Å². The summed E-state index contributed by atoms with van der Waals surface area (Å²) in [6, 6.07) is 8.89. The van der Waals surface area contributed by atoms with Crippen molar-refractivity contribution < 1.29 is 18.7 Å². The molecular formula is C15H17NO4. The molecule has 0 saturated carbocycles. The van der Waals surface area contributed by atoms with Gasteiger partial charge in [-0.1, -0.05) is 0 Å². The Hall–Kier alpha value is -2.43. The van der Waals surface area contributed by atoms with Crippen LogP contribution in [0.2, 0.25) is 0 Å². The first-order valence-electron chi connectivity index (χ1n) is 6.27. The zero-order chi connectivity index (χ0) is 14.4. The lowest BCUT2D eigenvalue weighted by Crippen LogP contribution is -2.25. The number of hydrogen-bond donors (Lipinski definition) is 1. The first-order chi connectivity index (χ1) is 9.74. The molecule has 2 rings (SSSR count). The van der Waals surface area contributed by atoms with Gasteiger partial charge in [0.2, 0.25) is 0 Å². The normalized spacial score (nSPS) is 10.1. The highest BCUT2D eigenvalue weighted by molar-refractivity contribution is 5.91. The summed E-state index contributed by atoms with van der Waals surface area (Å²) in [4.78, 5) is 11.7. The molecule has 2 aromatic rings. The SMILES string of the molecule is COc1ccc(OC)c(CCNC(=O)c2ccco2)c1. The molecule has 0 aliphatic heterocycles. The second kappa shape index (κ2) is 6.65. The van der Waals surface area contributed by atoms with Gasteiger partial charge >= 0.3 is 0 Å². The van der Waals surface area contributed by atoms with E-state index in [4.69, 9.17) is 13.9 Å². The Morgan fingerprint density at radius 3 is 2.75 bits per heavy atom. The number of rotatable bonds is 6. The van der Waals surface area contributed by atoms with Gasteiger partial charge in [0.05, 0.1) is 20.5 Å². The van der Waals surface area contributed by atoms with Crippen molar-refractivity contribution in [1.29, 1.82) is 0 Å². The van der Waals surface area contributed by atoms with E-state index in [1.54, 1.807) is 26.4 Å². The van der Waals surface area contributed by atoms with E-state index in [0.717, 1.165) is 17.1 Å². The Balaban J connectivity index is 1.95. The van der Waals surface area contributed by atoms with E-state index < -0.39 is 0 Å². The largest absolute Gasteiger partial charge is 0.497 e. The molecule has 1 aromatic carbocycles. The average molecular weight is 275 g/mol. The zero-order valence-electron chi connectivity index (χ0n) is 11.5. The van der Waals surface area contributed by atoms with Crippen molar-refractivity contribution in [1.82, 2.24) is 5.32 Å². The monoisotopic (exact) mass is 275 g/mol. The van der Waals surface area contributed by atoms with Crippen molar-refractivity contribution in [3.05, 3.63) is 47.9 Å². The van der Waals surface area contributed by atoms with E-state index in [2.05, 4.69) is 5.32 Å². The second-order valence-electron chi connectivity index (χ2n) is 4.16. The third kappa shape index (κ3) is 3.32. The maximum absolute atomic E-state index is 11.7. The Kier molecular flexibility index (Phi) is 4.65. The number of nitrogens with one attached hydrogen (secondary N) is 1. The van der Waals surface area contributed by atoms with Crippen molar-refractivity contribution in [3.8, 4) is 11.5 Å². The van der Waals surface area contributed by atoms with Gasteiger partial charge in [0.1, 0.15) is 11.5 Å². The molecule has 0 atom stereocenters. The molecule has 0 fully saturated rings. The van der Waals surface area contributed by atoms with Gasteiger partial charge in [-0.2, -0.15) is 0 Å². The van der Waals surface area contributed by atoms with Crippen molar-refractivity contribution in [2.24, 2.45) is 0 Å². The summed E-state index contributed by atoms with van der Waals surface area (Å²) in [5.41, 5.74) is 0.978. The van der Waals surface area contributed by atoms with Gasteiger partial charge in [-0.05, 0) is 42.3 Å². The van der Waals surface area contributed by atoms with Gasteiger partial charge in [0.15, 0.2) is 5.76 Å². The lowest BCUT2D eigenvalue weighted by Gasteiger charge is -2.10. The van der Waals surface area contributed by atoms with Crippen LogP contribution in [0, 0.1) is 0 Å². The third-order valence-corrected chi connectivity index (χ3v) is 2.91. The van der Waals surface area contributed by atoms with Crippen LogP contribution in [-0.2, 0) is 6.42 Å². The first-order valence-corrected chi connectivity index (χ1v) is 6.27. The number of carbonyl (C=O) groups excluding carboxylic acids is 1. The van der Waals surface area contributed by atoms with Crippen LogP contribution in [0.1, 0.15) is 16.1 Å². The maximum atomic E-state index is 11.7. The predicted octanol–water partition coefficient (Wildman–Crippen LogP) is 2.27. The molecule has 1 aromatic heterocycles. The molecular weight excluding hydrogens is 258 g/mol. The van der Waals surface area contributed by atoms with Crippen LogP contribution >= 0.6 is 0 Å². The fraction of sp³-hybridized carbons (Fsp3) is 0.267. The summed E-state index contributed by atoms with van der Waals surface area (Å²) >= 11 is 0. The number of hydrogen-bond acceptors (Lipinski definition) is 4. The molecule has 20 heavy (non-hydrogen) atoms. The number of carbonyl (C=O) groups is 1. The smallest absolute Gasteiger partial charge is 0.286 e. The molecule has 0 radical (unpaired) electrons. The van der Waals surface area contributed by atoms with E-state index in [0.29, 0.717) is 18.7 Å². The van der Waals surface area contributed by atoms with Crippen LogP contribution in [0.5, 0.6) is 11.5 Å². The van der Waals surface area contributed by atoms with E-state index >= 15 is 0 Å². The lowest BCUT2D eigenvalue weighted by molar-refractivity contribution is 0.0926. The molecule has 1 heterocycles. The van der Waals surface area contributed by atoms with Crippen LogP contribution in [0.25, 0.3) is 0 Å². The Labute approximate surface area is 117 Å². The van der Waals surface area contributed by atoms with Crippen molar-refractivity contribution >= 4 is 5.91 Å². The molecule has 1 N–H and O–H groups in total. The van der Waals surface area contributed by atoms with E-state index in [1.165, 1.54) is 6.26 Å². The minimum Gasteiger partial charge on any atom is -0.497 e. The molecule has 0 saturated heterocycles. The van der Waals surface area contributed by atoms with Crippen LogP contribution in [0.3, 0.4) is 0 Å². The van der Waals surface area contributed by atoms with Gasteiger partial charge in [-0.15, -0.1) is 0 Å². The van der Waals surface area contributed by atoms with Crippen LogP contribution in [0.15, 0.2) is 41.0 Å². The Morgan fingerprint density at radius 2 is 2.10 bits per heavy atom. The number of amides is 1. The second-order valence-corrected chi connectivity index (χ2v) is 4.16. The van der Waals surface area contributed by atoms with E-state index in [1.807, 2.05) is 18.2 Å². The molecule has 106 valence electrons. The highest BCUT2D eigenvalue weighted by Crippen LogP contribution is 2.24. The lowest BCUT2D eigenvalue weighted by atomic mass is 10.1. The average Bonchev–Trinajstić information content (AvgIpc) is 3.01. The summed E-state index contributed by atoms with van der Waals surface area (Å²) < 4.78 is 15.5. The molecule has 0 aliphatic carbocycles. The molecule has 1 amide bonds. The van der Waals surface area contributed by atoms with Crippen molar-refractivity contribution in [2.75, 3.05) is 20.8 Å². The van der Waals surface area contributed by atoms with Crippen molar-refractivity contribution in [3.63, 3.8) is 0 Å². The van der Waals surface area contributed by atoms with E-state index in [9.17, 15) is 4.79 Å². The van der Waals surface area contributed by atoms with Gasteiger partial charge in [-0.25, -0.2) is 0 Å². The summed E-state index contributed by atoms with van der Waals surface area (Å²) in [5, 5.41) is 2.79. The van der Waals surface area contributed by atoms with Gasteiger partial charge in [-0.3, -0.25) is 4.79 Å². The Bertz CT molecular complexity index is 563. The first kappa shape index (κ1) is 14.0. The van der Waals surface area contributed by atoms with Gasteiger partial charge in [0, 0.05) is 6.54 Å². The summed E-state index contributed by atoms with van der Waals surface area (Å²) in [5.74, 6) is 1.62. The number of benzene rings is 1. The predicted molar refractivity (Wildman–Crippen MR) is 74.3 cm³/mol. The van der Waals surface area contributed by atoms with Gasteiger partial charge < -0.3 is 19.2 Å². The van der Waals surface area contributed by atoms with Crippen molar-refractivity contribution in [2.45, 2.75) is 6.42 Å². The maximum Gasteiger partial charge on any atom is 0.286 e. The molecule has 0 unspecified atom stereocenters. The number of furan rings is 1. The minimum atomic E-state index is -0.225. The fourth-order valence-electron chi connectivity index (χ4n) is 1.88. The van der Waals surface area contributed by atoms with Gasteiger partial charge in [0.25, 0.3) is 5.91 Å². The third-order valence-electron chi connectivity index (χ3n) is 2.91. The summed E-state index contributed by atoms with van der Waals surface area (Å²) in [6.45, 7) is 0.489. The summed E-state index contributed by atoms with van der Waals surface area (Å²) in [6.07, 6.45) is 2.12. The topological polar surface area (TPSA) is 60.7 Å². The number of methoxy groups -OCH3 is 2. The zero-order valence-corrected chi connectivity index (χ0v) is 11.5. The molecule has 0 spiro atoms. The minimum absolute atomic E-state index is 0.225. The Morgan fingerprint density at radius 1 is 1.25 bits per heavy atom.